The minimum Gasteiger partial charge on any atom is -0.399 e. The first-order valence-electron chi connectivity index (χ1n) is 7.89. The average molecular weight is 313 g/mol. The van der Waals surface area contributed by atoms with Gasteiger partial charge in [-0.1, -0.05) is 49.9 Å². The van der Waals surface area contributed by atoms with Crippen LogP contribution in [0.4, 0.5) is 0 Å². The third-order valence-electron chi connectivity index (χ3n) is 4.13. The van der Waals surface area contributed by atoms with E-state index in [2.05, 4.69) is 31.7 Å². The SMILES string of the molecule is C=C(N)c1ccc(-n2cc(C#N)c(-c3cccc(CC)c3)c2)cc1. The summed E-state index contributed by atoms with van der Waals surface area (Å²) < 4.78 is 1.97. The van der Waals surface area contributed by atoms with Gasteiger partial charge in [0.25, 0.3) is 0 Å². The lowest BCUT2D eigenvalue weighted by Gasteiger charge is -2.05. The van der Waals surface area contributed by atoms with Crippen molar-refractivity contribution >= 4 is 5.70 Å². The van der Waals surface area contributed by atoms with Crippen molar-refractivity contribution < 1.29 is 0 Å². The van der Waals surface area contributed by atoms with Crippen LogP contribution in [0.1, 0.15) is 23.6 Å². The van der Waals surface area contributed by atoms with Gasteiger partial charge in [0.1, 0.15) is 6.07 Å². The van der Waals surface area contributed by atoms with Crippen molar-refractivity contribution in [3.63, 3.8) is 0 Å². The van der Waals surface area contributed by atoms with Crippen LogP contribution in [0.2, 0.25) is 0 Å². The minimum atomic E-state index is 0.545. The van der Waals surface area contributed by atoms with Gasteiger partial charge in [0.05, 0.1) is 5.56 Å². The molecule has 0 spiro atoms. The Kier molecular flexibility index (Phi) is 4.22. The molecule has 1 heterocycles. The molecular weight excluding hydrogens is 294 g/mol. The van der Waals surface area contributed by atoms with Gasteiger partial charge in [0.15, 0.2) is 0 Å². The average Bonchev–Trinajstić information content (AvgIpc) is 3.06. The fraction of sp³-hybridized carbons (Fsp3) is 0.0952. The maximum Gasteiger partial charge on any atom is 0.101 e. The van der Waals surface area contributed by atoms with E-state index in [-0.39, 0.29) is 0 Å². The maximum atomic E-state index is 9.49. The fourth-order valence-corrected chi connectivity index (χ4v) is 2.73. The second kappa shape index (κ2) is 6.47. The van der Waals surface area contributed by atoms with Gasteiger partial charge in [-0.15, -0.1) is 0 Å². The zero-order valence-corrected chi connectivity index (χ0v) is 13.7. The van der Waals surface area contributed by atoms with E-state index in [9.17, 15) is 5.26 Å². The van der Waals surface area contributed by atoms with Crippen LogP contribution in [0.25, 0.3) is 22.5 Å². The molecule has 0 amide bonds. The van der Waals surface area contributed by atoms with E-state index >= 15 is 0 Å². The highest BCUT2D eigenvalue weighted by molar-refractivity contribution is 5.71. The molecule has 3 rings (SSSR count). The Balaban J connectivity index is 2.04. The zero-order valence-electron chi connectivity index (χ0n) is 13.7. The van der Waals surface area contributed by atoms with Crippen molar-refractivity contribution in [3.05, 3.63) is 84.2 Å². The molecule has 0 fully saturated rings. The molecule has 0 bridgehead atoms. The molecule has 3 heteroatoms. The molecule has 0 aliphatic rings. The van der Waals surface area contributed by atoms with Crippen LogP contribution in [0, 0.1) is 11.3 Å². The Morgan fingerprint density at radius 2 is 1.92 bits per heavy atom. The Labute approximate surface area is 142 Å². The Morgan fingerprint density at radius 3 is 2.54 bits per heavy atom. The molecule has 2 aromatic carbocycles. The van der Waals surface area contributed by atoms with Crippen LogP contribution in [-0.2, 0) is 6.42 Å². The van der Waals surface area contributed by atoms with Gasteiger partial charge in [-0.05, 0) is 35.2 Å². The van der Waals surface area contributed by atoms with E-state index in [4.69, 9.17) is 5.73 Å². The van der Waals surface area contributed by atoms with Crippen LogP contribution >= 0.6 is 0 Å². The van der Waals surface area contributed by atoms with Gasteiger partial charge in [-0.3, -0.25) is 0 Å². The molecule has 118 valence electrons. The molecule has 0 radical (unpaired) electrons. The molecule has 3 nitrogen and oxygen atoms in total. The molecule has 0 saturated carbocycles. The molecule has 2 N–H and O–H groups in total. The quantitative estimate of drug-likeness (QED) is 0.770. The van der Waals surface area contributed by atoms with Crippen LogP contribution in [0.15, 0.2) is 67.5 Å². The molecular formula is C21H19N3. The maximum absolute atomic E-state index is 9.49. The summed E-state index contributed by atoms with van der Waals surface area (Å²) in [6, 6.07) is 18.4. The van der Waals surface area contributed by atoms with Crippen molar-refractivity contribution in [2.75, 3.05) is 0 Å². The van der Waals surface area contributed by atoms with Gasteiger partial charge < -0.3 is 10.3 Å². The van der Waals surface area contributed by atoms with Gasteiger partial charge in [0, 0.05) is 29.3 Å². The van der Waals surface area contributed by atoms with E-state index in [0.29, 0.717) is 11.3 Å². The topological polar surface area (TPSA) is 54.7 Å². The molecule has 0 unspecified atom stereocenters. The first-order chi connectivity index (χ1) is 11.6. The lowest BCUT2D eigenvalue weighted by molar-refractivity contribution is 1.08. The molecule has 24 heavy (non-hydrogen) atoms. The Morgan fingerprint density at radius 1 is 1.17 bits per heavy atom. The number of aryl methyl sites for hydroxylation is 1. The summed E-state index contributed by atoms with van der Waals surface area (Å²) in [6.45, 7) is 5.87. The van der Waals surface area contributed by atoms with Crippen molar-refractivity contribution in [3.8, 4) is 22.9 Å². The number of nitrogens with two attached hydrogens (primary N) is 1. The minimum absolute atomic E-state index is 0.545. The highest BCUT2D eigenvalue weighted by Crippen LogP contribution is 2.27. The summed E-state index contributed by atoms with van der Waals surface area (Å²) >= 11 is 0. The summed E-state index contributed by atoms with van der Waals surface area (Å²) in [5.74, 6) is 0. The largest absolute Gasteiger partial charge is 0.399 e. The number of nitriles is 1. The monoisotopic (exact) mass is 313 g/mol. The van der Waals surface area contributed by atoms with Crippen LogP contribution in [0.3, 0.4) is 0 Å². The number of nitrogens with zero attached hydrogens (tertiary/aromatic N) is 2. The predicted octanol–water partition coefficient (Wildman–Crippen LogP) is 4.51. The summed E-state index contributed by atoms with van der Waals surface area (Å²) in [4.78, 5) is 0. The van der Waals surface area contributed by atoms with Gasteiger partial charge in [-0.2, -0.15) is 5.26 Å². The van der Waals surface area contributed by atoms with Gasteiger partial charge in [0.2, 0.25) is 0 Å². The standard InChI is InChI=1S/C21H19N3/c1-3-16-5-4-6-18(11-16)21-14-24(13-19(21)12-22)20-9-7-17(8-10-20)15(2)23/h4-11,13-14H,2-3,23H2,1H3. The van der Waals surface area contributed by atoms with Crippen molar-refractivity contribution in [1.82, 2.24) is 4.57 Å². The highest BCUT2D eigenvalue weighted by atomic mass is 14.9. The van der Waals surface area contributed by atoms with Crippen LogP contribution in [0.5, 0.6) is 0 Å². The van der Waals surface area contributed by atoms with E-state index in [1.54, 1.807) is 0 Å². The van der Waals surface area contributed by atoms with Crippen molar-refractivity contribution in [2.24, 2.45) is 5.73 Å². The second-order valence-corrected chi connectivity index (χ2v) is 5.73. The van der Waals surface area contributed by atoms with Crippen molar-refractivity contribution in [1.29, 1.82) is 5.26 Å². The third-order valence-corrected chi connectivity index (χ3v) is 4.13. The fourth-order valence-electron chi connectivity index (χ4n) is 2.73. The molecule has 1 aromatic heterocycles. The predicted molar refractivity (Wildman–Crippen MR) is 98.5 cm³/mol. The summed E-state index contributed by atoms with van der Waals surface area (Å²) in [5.41, 5.74) is 12.1. The third kappa shape index (κ3) is 2.95. The molecule has 0 atom stereocenters. The smallest absolute Gasteiger partial charge is 0.101 e. The van der Waals surface area contributed by atoms with E-state index < -0.39 is 0 Å². The van der Waals surface area contributed by atoms with E-state index in [0.717, 1.165) is 28.8 Å². The van der Waals surface area contributed by atoms with Gasteiger partial charge in [-0.25, -0.2) is 0 Å². The van der Waals surface area contributed by atoms with E-state index in [1.807, 2.05) is 53.4 Å². The summed E-state index contributed by atoms with van der Waals surface area (Å²) in [5, 5.41) is 9.49. The molecule has 0 aliphatic heterocycles. The number of benzene rings is 2. The lowest BCUT2D eigenvalue weighted by atomic mass is 10.0. The molecule has 3 aromatic rings. The van der Waals surface area contributed by atoms with Gasteiger partial charge >= 0.3 is 0 Å². The first kappa shape index (κ1) is 15.6. The molecule has 0 saturated heterocycles. The van der Waals surface area contributed by atoms with Crippen LogP contribution < -0.4 is 5.73 Å². The summed E-state index contributed by atoms with van der Waals surface area (Å²) in [6.07, 6.45) is 4.83. The number of hydrogen-bond donors (Lipinski definition) is 1. The second-order valence-electron chi connectivity index (χ2n) is 5.73. The normalized spacial score (nSPS) is 10.3. The van der Waals surface area contributed by atoms with Crippen LogP contribution in [-0.4, -0.2) is 4.57 Å². The van der Waals surface area contributed by atoms with Crippen molar-refractivity contribution in [2.45, 2.75) is 13.3 Å². The number of rotatable bonds is 4. The summed E-state index contributed by atoms with van der Waals surface area (Å²) in [7, 11) is 0. The number of aromatic nitrogens is 1. The highest BCUT2D eigenvalue weighted by Gasteiger charge is 2.10. The van der Waals surface area contributed by atoms with E-state index in [1.165, 1.54) is 5.56 Å². The number of hydrogen-bond acceptors (Lipinski definition) is 2. The molecule has 0 aliphatic carbocycles. The lowest BCUT2D eigenvalue weighted by Crippen LogP contribution is -1.95. The first-order valence-corrected chi connectivity index (χ1v) is 7.89. The zero-order chi connectivity index (χ0) is 17.1. The Hall–Kier alpha value is -3.25. The Bertz CT molecular complexity index is 924.